The SMILES string of the molecule is COc1cccc(F)c1-c1cc(C(=O)Nc2cc(F)ccc2N2CCC(NS(N)(=O)=O)CC2)c2ccn(C)c2c1. The molecule has 1 aliphatic rings. The van der Waals surface area contributed by atoms with E-state index in [0.717, 1.165) is 0 Å². The first-order valence-electron chi connectivity index (χ1n) is 12.6. The number of piperidine rings is 1. The highest BCUT2D eigenvalue weighted by atomic mass is 32.2. The van der Waals surface area contributed by atoms with Crippen molar-refractivity contribution < 1.29 is 26.7 Å². The first-order chi connectivity index (χ1) is 19.0. The number of nitrogens with one attached hydrogen (secondary N) is 2. The quantitative estimate of drug-likeness (QED) is 0.309. The maximum atomic E-state index is 15.0. The van der Waals surface area contributed by atoms with E-state index in [1.807, 2.05) is 16.5 Å². The van der Waals surface area contributed by atoms with Gasteiger partial charge in [0, 0.05) is 48.8 Å². The molecule has 210 valence electrons. The third-order valence-electron chi connectivity index (χ3n) is 7.10. The van der Waals surface area contributed by atoms with Gasteiger partial charge >= 0.3 is 0 Å². The normalized spacial score (nSPS) is 14.5. The Bertz CT molecular complexity index is 1700. The summed E-state index contributed by atoms with van der Waals surface area (Å²) >= 11 is 0. The fraction of sp³-hybridized carbons (Fsp3) is 0.250. The predicted molar refractivity (Wildman–Crippen MR) is 151 cm³/mol. The van der Waals surface area contributed by atoms with Gasteiger partial charge in [0.2, 0.25) is 0 Å². The van der Waals surface area contributed by atoms with Crippen molar-refractivity contribution in [2.24, 2.45) is 12.2 Å². The van der Waals surface area contributed by atoms with E-state index in [0.29, 0.717) is 53.8 Å². The minimum atomic E-state index is -3.82. The Labute approximate surface area is 230 Å². The van der Waals surface area contributed by atoms with Gasteiger partial charge in [-0.3, -0.25) is 4.79 Å². The van der Waals surface area contributed by atoms with Crippen molar-refractivity contribution in [1.29, 1.82) is 0 Å². The summed E-state index contributed by atoms with van der Waals surface area (Å²) in [6.45, 7) is 0.931. The predicted octanol–water partition coefficient (Wildman–Crippen LogP) is 4.15. The Kier molecular flexibility index (Phi) is 7.49. The van der Waals surface area contributed by atoms with Gasteiger partial charge in [-0.1, -0.05) is 6.07 Å². The van der Waals surface area contributed by atoms with Gasteiger partial charge in [0.25, 0.3) is 16.1 Å². The second kappa shape index (κ2) is 10.9. The van der Waals surface area contributed by atoms with E-state index >= 15 is 0 Å². The number of anilines is 2. The number of carbonyl (C=O) groups excluding carboxylic acids is 1. The Morgan fingerprint density at radius 1 is 1.07 bits per heavy atom. The van der Waals surface area contributed by atoms with Crippen LogP contribution in [0.25, 0.3) is 22.0 Å². The number of amides is 1. The van der Waals surface area contributed by atoms with Gasteiger partial charge in [-0.05, 0) is 66.9 Å². The molecule has 4 N–H and O–H groups in total. The third-order valence-corrected chi connectivity index (χ3v) is 7.77. The molecule has 40 heavy (non-hydrogen) atoms. The fourth-order valence-corrected chi connectivity index (χ4v) is 5.90. The Morgan fingerprint density at radius 3 is 2.52 bits per heavy atom. The number of hydrogen-bond acceptors (Lipinski definition) is 5. The van der Waals surface area contributed by atoms with Crippen LogP contribution in [-0.4, -0.2) is 45.1 Å². The van der Waals surface area contributed by atoms with Gasteiger partial charge < -0.3 is 19.5 Å². The lowest BCUT2D eigenvalue weighted by Crippen LogP contribution is -2.46. The molecule has 0 unspecified atom stereocenters. The topological polar surface area (TPSA) is 119 Å². The lowest BCUT2D eigenvalue weighted by atomic mass is 9.98. The van der Waals surface area contributed by atoms with Crippen molar-refractivity contribution in [2.75, 3.05) is 30.4 Å². The lowest BCUT2D eigenvalue weighted by Gasteiger charge is -2.34. The van der Waals surface area contributed by atoms with Gasteiger partial charge in [0.1, 0.15) is 17.4 Å². The molecule has 0 atom stereocenters. The van der Waals surface area contributed by atoms with Crippen molar-refractivity contribution in [1.82, 2.24) is 9.29 Å². The summed E-state index contributed by atoms with van der Waals surface area (Å²) < 4.78 is 61.8. The van der Waals surface area contributed by atoms with Crippen LogP contribution in [0, 0.1) is 11.6 Å². The van der Waals surface area contributed by atoms with E-state index in [4.69, 9.17) is 9.88 Å². The average Bonchev–Trinajstić information content (AvgIpc) is 3.28. The maximum absolute atomic E-state index is 15.0. The van der Waals surface area contributed by atoms with E-state index in [9.17, 15) is 22.0 Å². The molecule has 0 aliphatic carbocycles. The van der Waals surface area contributed by atoms with E-state index < -0.39 is 27.8 Å². The molecule has 0 bridgehead atoms. The summed E-state index contributed by atoms with van der Waals surface area (Å²) in [4.78, 5) is 15.7. The zero-order valence-electron chi connectivity index (χ0n) is 21.9. The Hall–Kier alpha value is -4.00. The van der Waals surface area contributed by atoms with Crippen molar-refractivity contribution in [3.63, 3.8) is 0 Å². The molecule has 3 aromatic carbocycles. The summed E-state index contributed by atoms with van der Waals surface area (Å²) in [5.74, 6) is -1.19. The fourth-order valence-electron chi connectivity index (χ4n) is 5.20. The molecule has 0 spiro atoms. The monoisotopic (exact) mass is 569 g/mol. The summed E-state index contributed by atoms with van der Waals surface area (Å²) in [5.41, 5.74) is 2.53. The van der Waals surface area contributed by atoms with Crippen LogP contribution in [0.4, 0.5) is 20.2 Å². The summed E-state index contributed by atoms with van der Waals surface area (Å²) in [6.07, 6.45) is 2.77. The highest BCUT2D eigenvalue weighted by Gasteiger charge is 2.25. The van der Waals surface area contributed by atoms with Crippen LogP contribution < -0.4 is 24.8 Å². The van der Waals surface area contributed by atoms with Crippen molar-refractivity contribution in [3.8, 4) is 16.9 Å². The molecule has 0 saturated carbocycles. The molecule has 1 fully saturated rings. The zero-order chi connectivity index (χ0) is 28.6. The van der Waals surface area contributed by atoms with Gasteiger partial charge in [0.05, 0.1) is 24.0 Å². The first-order valence-corrected chi connectivity index (χ1v) is 14.2. The summed E-state index contributed by atoms with van der Waals surface area (Å²) in [7, 11) is -0.546. The molecule has 1 aliphatic heterocycles. The van der Waals surface area contributed by atoms with Crippen LogP contribution in [-0.2, 0) is 17.3 Å². The summed E-state index contributed by atoms with van der Waals surface area (Å²) in [6, 6.07) is 13.5. The van der Waals surface area contributed by atoms with Gasteiger partial charge in [-0.25, -0.2) is 13.9 Å². The molecular weight excluding hydrogens is 540 g/mol. The molecule has 1 saturated heterocycles. The number of ether oxygens (including phenoxy) is 1. The van der Waals surface area contributed by atoms with Crippen LogP contribution in [0.2, 0.25) is 0 Å². The minimum Gasteiger partial charge on any atom is -0.496 e. The number of carbonyl (C=O) groups is 1. The number of hydrogen-bond donors (Lipinski definition) is 3. The van der Waals surface area contributed by atoms with Crippen molar-refractivity contribution >= 4 is 38.4 Å². The van der Waals surface area contributed by atoms with E-state index in [2.05, 4.69) is 10.0 Å². The number of rotatable bonds is 7. The standard InChI is InChI=1S/C28H29F2N5O4S/c1-34-11-10-20-21(14-17(15-25(20)34)27-22(30)4-3-5-26(27)39-2)28(36)32-23-16-18(29)6-7-24(23)35-12-8-19(9-13-35)33-40(31,37)38/h3-7,10-11,14-16,19,33H,8-9,12-13H2,1-2H3,(H,32,36)(H2,31,37,38). The largest absolute Gasteiger partial charge is 0.496 e. The molecular formula is C28H29F2N5O4S. The number of aryl methyl sites for hydroxylation is 1. The zero-order valence-corrected chi connectivity index (χ0v) is 22.8. The van der Waals surface area contributed by atoms with Crippen LogP contribution >= 0.6 is 0 Å². The van der Waals surface area contributed by atoms with Crippen molar-refractivity contribution in [2.45, 2.75) is 18.9 Å². The molecule has 0 radical (unpaired) electrons. The van der Waals surface area contributed by atoms with Crippen LogP contribution in [0.3, 0.4) is 0 Å². The van der Waals surface area contributed by atoms with E-state index in [-0.39, 0.29) is 22.9 Å². The molecule has 9 nitrogen and oxygen atoms in total. The number of benzene rings is 3. The number of aromatic nitrogens is 1. The number of halogens is 2. The average molecular weight is 570 g/mol. The molecule has 2 heterocycles. The van der Waals surface area contributed by atoms with Crippen LogP contribution in [0.1, 0.15) is 23.2 Å². The number of nitrogens with zero attached hydrogens (tertiary/aromatic N) is 2. The minimum absolute atomic E-state index is 0.226. The van der Waals surface area contributed by atoms with Crippen LogP contribution in [0.15, 0.2) is 60.8 Å². The second-order valence-electron chi connectivity index (χ2n) is 9.74. The second-order valence-corrected chi connectivity index (χ2v) is 11.1. The van der Waals surface area contributed by atoms with Gasteiger partial charge in [-0.15, -0.1) is 0 Å². The molecule has 5 rings (SSSR count). The molecule has 4 aromatic rings. The molecule has 1 aromatic heterocycles. The first kappa shape index (κ1) is 27.6. The highest BCUT2D eigenvalue weighted by Crippen LogP contribution is 2.37. The van der Waals surface area contributed by atoms with E-state index in [1.165, 1.54) is 25.3 Å². The van der Waals surface area contributed by atoms with E-state index in [1.54, 1.807) is 42.6 Å². The maximum Gasteiger partial charge on any atom is 0.274 e. The Morgan fingerprint density at radius 2 is 1.82 bits per heavy atom. The van der Waals surface area contributed by atoms with Gasteiger partial charge in [-0.2, -0.15) is 13.1 Å². The van der Waals surface area contributed by atoms with Gasteiger partial charge in [0.15, 0.2) is 0 Å². The number of nitrogens with two attached hydrogens (primary N) is 1. The smallest absolute Gasteiger partial charge is 0.274 e. The highest BCUT2D eigenvalue weighted by molar-refractivity contribution is 7.87. The van der Waals surface area contributed by atoms with Crippen LogP contribution in [0.5, 0.6) is 5.75 Å². The molecule has 12 heteroatoms. The summed E-state index contributed by atoms with van der Waals surface area (Å²) in [5, 5.41) is 8.60. The number of methoxy groups -OCH3 is 1. The number of fused-ring (bicyclic) bond motifs is 1. The Balaban J connectivity index is 1.49. The third kappa shape index (κ3) is 5.64. The lowest BCUT2D eigenvalue weighted by molar-refractivity contribution is 0.102. The van der Waals surface area contributed by atoms with Crippen molar-refractivity contribution in [3.05, 3.63) is 78.0 Å². The molecule has 1 amide bonds.